The molecule has 0 aliphatic carbocycles. The molecule has 0 bridgehead atoms. The van der Waals surface area contributed by atoms with Gasteiger partial charge in [0.1, 0.15) is 11.4 Å². The monoisotopic (exact) mass is 334 g/mol. The Labute approximate surface area is 134 Å². The van der Waals surface area contributed by atoms with Crippen molar-refractivity contribution < 1.29 is 9.90 Å². The molecule has 0 radical (unpaired) electrons. The Hall–Kier alpha value is -2.19. The van der Waals surface area contributed by atoms with Gasteiger partial charge >= 0.3 is 0 Å². The number of carboxylic acids is 1. The third-order valence-corrected chi connectivity index (χ3v) is 4.18. The molecule has 0 amide bonds. The fourth-order valence-corrected chi connectivity index (χ4v) is 2.78. The van der Waals surface area contributed by atoms with E-state index in [1.807, 2.05) is 6.07 Å². The number of fused-ring (bicyclic) bond motifs is 1. The lowest BCUT2D eigenvalue weighted by molar-refractivity contribution is -0.304. The minimum Gasteiger partial charge on any atom is -0.549 e. The van der Waals surface area contributed by atoms with Gasteiger partial charge in [-0.05, 0) is 25.1 Å². The van der Waals surface area contributed by atoms with Gasteiger partial charge in [-0.15, -0.1) is 5.10 Å². The van der Waals surface area contributed by atoms with Crippen LogP contribution in [0.4, 0.5) is 0 Å². The lowest BCUT2D eigenvalue weighted by Gasteiger charge is -2.10. The number of nitrogens with zero attached hydrogens (tertiary/aromatic N) is 5. The van der Waals surface area contributed by atoms with Crippen LogP contribution in [-0.4, -0.2) is 36.2 Å². The summed E-state index contributed by atoms with van der Waals surface area (Å²) in [6, 6.07) is 7.09. The van der Waals surface area contributed by atoms with Crippen molar-refractivity contribution in [1.82, 2.24) is 25.0 Å². The second kappa shape index (κ2) is 5.90. The highest BCUT2D eigenvalue weighted by molar-refractivity contribution is 8.00. The third-order valence-electron chi connectivity index (χ3n) is 2.88. The Morgan fingerprint density at radius 2 is 2.23 bits per heavy atom. The van der Waals surface area contributed by atoms with Crippen LogP contribution >= 0.6 is 23.4 Å². The van der Waals surface area contributed by atoms with Crippen molar-refractivity contribution in [2.24, 2.45) is 0 Å². The standard InChI is InChI=1S/C13H10ClN5O2S/c1-7(13(20)21)22-12-10-11(15-6-16-12)19(18-17-10)9-4-2-3-8(14)5-9/h2-7H,1H3,(H,20,21)/p-1/t7-/m0/s1. The van der Waals surface area contributed by atoms with E-state index in [1.165, 1.54) is 17.9 Å². The molecule has 0 aliphatic rings. The van der Waals surface area contributed by atoms with E-state index in [9.17, 15) is 9.90 Å². The number of carboxylic acid groups (broad SMARTS) is 1. The first-order valence-electron chi connectivity index (χ1n) is 6.26. The smallest absolute Gasteiger partial charge is 0.187 e. The zero-order chi connectivity index (χ0) is 15.7. The zero-order valence-corrected chi connectivity index (χ0v) is 12.9. The van der Waals surface area contributed by atoms with Gasteiger partial charge in [-0.25, -0.2) is 9.97 Å². The Balaban J connectivity index is 2.07. The minimum atomic E-state index is -1.17. The lowest BCUT2D eigenvalue weighted by atomic mass is 10.3. The number of benzene rings is 1. The molecular formula is C13H9ClN5O2S-. The number of carbonyl (C=O) groups is 1. The Morgan fingerprint density at radius 1 is 1.41 bits per heavy atom. The molecule has 2 heterocycles. The molecule has 0 unspecified atom stereocenters. The quantitative estimate of drug-likeness (QED) is 0.520. The molecule has 1 aromatic carbocycles. The summed E-state index contributed by atoms with van der Waals surface area (Å²) in [6.45, 7) is 1.52. The molecule has 7 nitrogen and oxygen atoms in total. The molecule has 2 aromatic heterocycles. The van der Waals surface area contributed by atoms with Crippen LogP contribution in [0.15, 0.2) is 35.6 Å². The predicted molar refractivity (Wildman–Crippen MR) is 79.8 cm³/mol. The molecule has 22 heavy (non-hydrogen) atoms. The third kappa shape index (κ3) is 2.75. The Morgan fingerprint density at radius 3 is 2.95 bits per heavy atom. The maximum Gasteiger partial charge on any atom is 0.187 e. The summed E-state index contributed by atoms with van der Waals surface area (Å²) >= 11 is 7.02. The highest BCUT2D eigenvalue weighted by Crippen LogP contribution is 2.27. The van der Waals surface area contributed by atoms with Crippen molar-refractivity contribution in [3.63, 3.8) is 0 Å². The van der Waals surface area contributed by atoms with E-state index in [2.05, 4.69) is 20.3 Å². The number of carbonyl (C=O) groups excluding carboxylic acids is 1. The maximum atomic E-state index is 10.9. The van der Waals surface area contributed by atoms with Gasteiger partial charge in [0.2, 0.25) is 0 Å². The molecule has 0 saturated heterocycles. The molecule has 0 spiro atoms. The molecule has 112 valence electrons. The molecule has 0 aliphatic heterocycles. The summed E-state index contributed by atoms with van der Waals surface area (Å²) in [5.41, 5.74) is 1.61. The van der Waals surface area contributed by atoms with Gasteiger partial charge in [0.05, 0.1) is 11.7 Å². The van der Waals surface area contributed by atoms with Crippen LogP contribution in [0.2, 0.25) is 5.02 Å². The summed E-state index contributed by atoms with van der Waals surface area (Å²) < 4.78 is 1.52. The van der Waals surface area contributed by atoms with E-state index < -0.39 is 11.2 Å². The van der Waals surface area contributed by atoms with Crippen molar-refractivity contribution in [3.05, 3.63) is 35.6 Å². The van der Waals surface area contributed by atoms with Gasteiger partial charge < -0.3 is 9.90 Å². The number of rotatable bonds is 4. The van der Waals surface area contributed by atoms with Gasteiger partial charge in [0.25, 0.3) is 0 Å². The first-order valence-corrected chi connectivity index (χ1v) is 7.52. The van der Waals surface area contributed by atoms with Crippen LogP contribution in [0.25, 0.3) is 16.9 Å². The van der Waals surface area contributed by atoms with E-state index in [1.54, 1.807) is 18.2 Å². The fraction of sp³-hybridized carbons (Fsp3) is 0.154. The number of hydrogen-bond donors (Lipinski definition) is 0. The fourth-order valence-electron chi connectivity index (χ4n) is 1.81. The first-order chi connectivity index (χ1) is 10.6. The summed E-state index contributed by atoms with van der Waals surface area (Å²) in [6.07, 6.45) is 1.34. The van der Waals surface area contributed by atoms with E-state index in [0.29, 0.717) is 26.9 Å². The molecule has 0 saturated carbocycles. The van der Waals surface area contributed by atoms with Gasteiger partial charge in [-0.1, -0.05) is 34.6 Å². The summed E-state index contributed by atoms with van der Waals surface area (Å²) in [5, 5.41) is 19.2. The van der Waals surface area contributed by atoms with E-state index >= 15 is 0 Å². The molecule has 3 aromatic rings. The first kappa shape index (κ1) is 14.7. The molecule has 0 N–H and O–H groups in total. The number of thioether (sulfide) groups is 1. The van der Waals surface area contributed by atoms with Crippen LogP contribution in [0.3, 0.4) is 0 Å². The van der Waals surface area contributed by atoms with Crippen LogP contribution < -0.4 is 5.11 Å². The van der Waals surface area contributed by atoms with Gasteiger partial charge in [-0.2, -0.15) is 4.68 Å². The number of aliphatic carboxylic acids is 1. The summed E-state index contributed by atoms with van der Waals surface area (Å²) in [5.74, 6) is -1.17. The van der Waals surface area contributed by atoms with E-state index in [-0.39, 0.29) is 0 Å². The molecule has 3 rings (SSSR count). The average molecular weight is 335 g/mol. The van der Waals surface area contributed by atoms with Crippen LogP contribution in [-0.2, 0) is 4.79 Å². The van der Waals surface area contributed by atoms with E-state index in [4.69, 9.17) is 11.6 Å². The average Bonchev–Trinajstić information content (AvgIpc) is 2.92. The van der Waals surface area contributed by atoms with Crippen LogP contribution in [0.5, 0.6) is 0 Å². The van der Waals surface area contributed by atoms with Gasteiger partial charge in [0.15, 0.2) is 11.2 Å². The number of halogens is 1. The molecular weight excluding hydrogens is 326 g/mol. The van der Waals surface area contributed by atoms with Crippen LogP contribution in [0.1, 0.15) is 6.92 Å². The SMILES string of the molecule is C[C@H](Sc1ncnc2c1nnn2-c1cccc(Cl)c1)C(=O)[O-]. The second-order valence-corrected chi connectivity index (χ2v) is 6.18. The topological polar surface area (TPSA) is 96.6 Å². The van der Waals surface area contributed by atoms with Crippen LogP contribution in [0, 0.1) is 0 Å². The van der Waals surface area contributed by atoms with Crippen molar-refractivity contribution in [2.45, 2.75) is 17.2 Å². The van der Waals surface area contributed by atoms with Crippen molar-refractivity contribution in [1.29, 1.82) is 0 Å². The lowest BCUT2D eigenvalue weighted by Crippen LogP contribution is -2.31. The van der Waals surface area contributed by atoms with Crippen molar-refractivity contribution >= 4 is 40.5 Å². The minimum absolute atomic E-state index is 0.431. The van der Waals surface area contributed by atoms with Gasteiger partial charge in [-0.3, -0.25) is 0 Å². The van der Waals surface area contributed by atoms with Crippen molar-refractivity contribution in [3.8, 4) is 5.69 Å². The number of hydrogen-bond acceptors (Lipinski definition) is 7. The van der Waals surface area contributed by atoms with E-state index in [0.717, 1.165) is 11.8 Å². The normalized spacial score (nSPS) is 12.5. The Kier molecular flexibility index (Phi) is 3.95. The highest BCUT2D eigenvalue weighted by atomic mass is 35.5. The molecule has 1 atom stereocenters. The van der Waals surface area contributed by atoms with Gasteiger partial charge in [0, 0.05) is 10.3 Å². The maximum absolute atomic E-state index is 10.9. The zero-order valence-electron chi connectivity index (χ0n) is 11.3. The highest BCUT2D eigenvalue weighted by Gasteiger charge is 2.16. The van der Waals surface area contributed by atoms with Crippen molar-refractivity contribution in [2.75, 3.05) is 0 Å². The Bertz CT molecular complexity index is 853. The molecule has 0 fully saturated rings. The summed E-state index contributed by atoms with van der Waals surface area (Å²) in [4.78, 5) is 19.1. The second-order valence-electron chi connectivity index (χ2n) is 4.41. The largest absolute Gasteiger partial charge is 0.549 e. The summed E-state index contributed by atoms with van der Waals surface area (Å²) in [7, 11) is 0. The predicted octanol–water partition coefficient (Wildman–Crippen LogP) is 1.09. The molecule has 9 heteroatoms. The number of aromatic nitrogens is 5.